The molecule has 16 heavy (non-hydrogen) atoms. The van der Waals surface area contributed by atoms with E-state index >= 15 is 0 Å². The van der Waals surface area contributed by atoms with Crippen molar-refractivity contribution in [3.8, 4) is 0 Å². The summed E-state index contributed by atoms with van der Waals surface area (Å²) in [6, 6.07) is 1.24. The standard InChI is InChI=1S/C11H29N3OSi/c1-4-15-16(2,3)11-5-7-13-9-10-14-8-6-12/h13-14H,4-12H2,1-3H3. The van der Waals surface area contributed by atoms with Gasteiger partial charge in [-0.05, 0) is 39.0 Å². The maximum Gasteiger partial charge on any atom is 0.186 e. The zero-order valence-electron chi connectivity index (χ0n) is 11.1. The van der Waals surface area contributed by atoms with Crippen LogP contribution >= 0.6 is 0 Å². The summed E-state index contributed by atoms with van der Waals surface area (Å²) in [6.45, 7) is 12.3. The van der Waals surface area contributed by atoms with E-state index in [-0.39, 0.29) is 0 Å². The Morgan fingerprint density at radius 3 is 2.25 bits per heavy atom. The fourth-order valence-electron chi connectivity index (χ4n) is 1.63. The number of rotatable bonds is 11. The van der Waals surface area contributed by atoms with Crippen molar-refractivity contribution in [2.24, 2.45) is 5.73 Å². The van der Waals surface area contributed by atoms with Crippen LogP contribution in [0.3, 0.4) is 0 Å². The first-order valence-electron chi connectivity index (χ1n) is 6.38. The van der Waals surface area contributed by atoms with Gasteiger partial charge in [0.2, 0.25) is 0 Å². The van der Waals surface area contributed by atoms with Crippen molar-refractivity contribution < 1.29 is 4.43 Å². The van der Waals surface area contributed by atoms with E-state index in [9.17, 15) is 0 Å². The normalized spacial score (nSPS) is 12.0. The van der Waals surface area contributed by atoms with E-state index in [0.717, 1.165) is 32.8 Å². The molecule has 0 rings (SSSR count). The zero-order chi connectivity index (χ0) is 12.3. The maximum atomic E-state index is 5.77. The van der Waals surface area contributed by atoms with E-state index in [2.05, 4.69) is 30.7 Å². The number of hydrogen-bond donors (Lipinski definition) is 3. The monoisotopic (exact) mass is 247 g/mol. The fourth-order valence-corrected chi connectivity index (χ4v) is 3.58. The number of nitrogens with one attached hydrogen (secondary N) is 2. The molecule has 4 nitrogen and oxygen atoms in total. The van der Waals surface area contributed by atoms with Crippen molar-refractivity contribution in [2.75, 3.05) is 39.3 Å². The Kier molecular flexibility index (Phi) is 10.3. The lowest BCUT2D eigenvalue weighted by atomic mass is 10.4. The van der Waals surface area contributed by atoms with E-state index in [1.54, 1.807) is 0 Å². The smallest absolute Gasteiger partial charge is 0.186 e. The molecule has 0 aliphatic heterocycles. The first-order valence-corrected chi connectivity index (χ1v) is 9.49. The molecule has 0 saturated heterocycles. The average Bonchev–Trinajstić information content (AvgIpc) is 2.22. The highest BCUT2D eigenvalue weighted by Crippen LogP contribution is 2.12. The maximum absolute atomic E-state index is 5.77. The highest BCUT2D eigenvalue weighted by Gasteiger charge is 2.20. The molecule has 0 aromatic heterocycles. The number of hydrogen-bond acceptors (Lipinski definition) is 4. The molecule has 0 radical (unpaired) electrons. The van der Waals surface area contributed by atoms with Crippen LogP contribution in [0, 0.1) is 0 Å². The van der Waals surface area contributed by atoms with Gasteiger partial charge in [-0.25, -0.2) is 0 Å². The molecular weight excluding hydrogens is 218 g/mol. The van der Waals surface area contributed by atoms with Gasteiger partial charge in [0.25, 0.3) is 0 Å². The molecule has 0 unspecified atom stereocenters. The van der Waals surface area contributed by atoms with Crippen molar-refractivity contribution in [3.05, 3.63) is 0 Å². The summed E-state index contributed by atoms with van der Waals surface area (Å²) in [6.07, 6.45) is 1.22. The average molecular weight is 247 g/mol. The van der Waals surface area contributed by atoms with Crippen LogP contribution in [0.15, 0.2) is 0 Å². The van der Waals surface area contributed by atoms with Crippen molar-refractivity contribution in [1.82, 2.24) is 10.6 Å². The second-order valence-corrected chi connectivity index (χ2v) is 8.89. The van der Waals surface area contributed by atoms with E-state index < -0.39 is 8.32 Å². The summed E-state index contributed by atoms with van der Waals surface area (Å²) in [7, 11) is -1.36. The topological polar surface area (TPSA) is 59.3 Å². The molecule has 0 fully saturated rings. The Morgan fingerprint density at radius 1 is 1.06 bits per heavy atom. The van der Waals surface area contributed by atoms with E-state index in [0.29, 0.717) is 6.54 Å². The molecule has 0 atom stereocenters. The minimum Gasteiger partial charge on any atom is -0.418 e. The van der Waals surface area contributed by atoms with Crippen LogP contribution in [-0.2, 0) is 4.43 Å². The van der Waals surface area contributed by atoms with Gasteiger partial charge in [0, 0.05) is 32.8 Å². The Bertz CT molecular complexity index is 156. The largest absolute Gasteiger partial charge is 0.418 e. The van der Waals surface area contributed by atoms with E-state index in [1.165, 1.54) is 12.5 Å². The predicted octanol–water partition coefficient (Wildman–Crippen LogP) is 0.756. The van der Waals surface area contributed by atoms with Crippen molar-refractivity contribution in [1.29, 1.82) is 0 Å². The molecule has 0 aromatic carbocycles. The molecule has 0 heterocycles. The Balaban J connectivity index is 3.20. The van der Waals surface area contributed by atoms with Gasteiger partial charge >= 0.3 is 0 Å². The molecule has 0 spiro atoms. The van der Waals surface area contributed by atoms with Crippen LogP contribution in [0.1, 0.15) is 13.3 Å². The summed E-state index contributed by atoms with van der Waals surface area (Å²) >= 11 is 0. The third-order valence-corrected chi connectivity index (χ3v) is 5.09. The molecule has 0 bridgehead atoms. The van der Waals surface area contributed by atoms with Gasteiger partial charge in [-0.3, -0.25) is 0 Å². The van der Waals surface area contributed by atoms with Crippen LogP contribution in [0.2, 0.25) is 19.1 Å². The van der Waals surface area contributed by atoms with Crippen LogP contribution < -0.4 is 16.4 Å². The second kappa shape index (κ2) is 10.2. The van der Waals surface area contributed by atoms with Crippen LogP contribution in [0.25, 0.3) is 0 Å². The van der Waals surface area contributed by atoms with Gasteiger partial charge in [0.1, 0.15) is 0 Å². The summed E-state index contributed by atoms with van der Waals surface area (Å²) in [4.78, 5) is 0. The van der Waals surface area contributed by atoms with Gasteiger partial charge in [0.15, 0.2) is 8.32 Å². The third kappa shape index (κ3) is 10.6. The SMILES string of the molecule is CCO[Si](C)(C)CCCNCCNCCN. The van der Waals surface area contributed by atoms with Crippen molar-refractivity contribution in [3.63, 3.8) is 0 Å². The molecule has 4 N–H and O–H groups in total. The third-order valence-electron chi connectivity index (χ3n) is 2.47. The molecular formula is C11H29N3OSi. The van der Waals surface area contributed by atoms with Crippen molar-refractivity contribution >= 4 is 8.32 Å². The Labute approximate surface area is 101 Å². The lowest BCUT2D eigenvalue weighted by Gasteiger charge is -2.21. The molecule has 0 aliphatic rings. The Morgan fingerprint density at radius 2 is 1.69 bits per heavy atom. The van der Waals surface area contributed by atoms with Gasteiger partial charge < -0.3 is 20.8 Å². The van der Waals surface area contributed by atoms with Crippen molar-refractivity contribution in [2.45, 2.75) is 32.5 Å². The Hall–Kier alpha value is 0.0569. The molecule has 0 saturated carbocycles. The summed E-state index contributed by atoms with van der Waals surface area (Å²) < 4.78 is 5.77. The molecule has 0 aromatic rings. The fraction of sp³-hybridized carbons (Fsp3) is 1.00. The zero-order valence-corrected chi connectivity index (χ0v) is 12.1. The predicted molar refractivity (Wildman–Crippen MR) is 73.3 cm³/mol. The highest BCUT2D eigenvalue weighted by molar-refractivity contribution is 6.71. The molecule has 5 heteroatoms. The lowest BCUT2D eigenvalue weighted by Crippen LogP contribution is -2.33. The minimum atomic E-state index is -1.36. The minimum absolute atomic E-state index is 0.716. The summed E-state index contributed by atoms with van der Waals surface area (Å²) in [5.41, 5.74) is 5.38. The first kappa shape index (κ1) is 16.1. The number of nitrogens with two attached hydrogens (primary N) is 1. The molecule has 0 aliphatic carbocycles. The van der Waals surface area contributed by atoms with Gasteiger partial charge in [-0.1, -0.05) is 0 Å². The first-order chi connectivity index (χ1) is 7.62. The second-order valence-electron chi connectivity index (χ2n) is 4.58. The quantitative estimate of drug-likeness (QED) is 0.373. The molecule has 98 valence electrons. The van der Waals surface area contributed by atoms with Crippen LogP contribution in [0.5, 0.6) is 0 Å². The lowest BCUT2D eigenvalue weighted by molar-refractivity contribution is 0.328. The van der Waals surface area contributed by atoms with Crippen LogP contribution in [-0.4, -0.2) is 47.6 Å². The highest BCUT2D eigenvalue weighted by atomic mass is 28.4. The van der Waals surface area contributed by atoms with Gasteiger partial charge in [-0.2, -0.15) is 0 Å². The summed E-state index contributed by atoms with van der Waals surface area (Å²) in [5.74, 6) is 0. The van der Waals surface area contributed by atoms with Gasteiger partial charge in [0.05, 0.1) is 0 Å². The van der Waals surface area contributed by atoms with Gasteiger partial charge in [-0.15, -0.1) is 0 Å². The van der Waals surface area contributed by atoms with E-state index in [1.807, 2.05) is 0 Å². The van der Waals surface area contributed by atoms with E-state index in [4.69, 9.17) is 10.2 Å². The van der Waals surface area contributed by atoms with Crippen LogP contribution in [0.4, 0.5) is 0 Å². The molecule has 0 amide bonds. The summed E-state index contributed by atoms with van der Waals surface area (Å²) in [5, 5.41) is 6.68.